The van der Waals surface area contributed by atoms with Crippen molar-refractivity contribution in [3.8, 4) is 0 Å². The molecule has 0 saturated carbocycles. The van der Waals surface area contributed by atoms with Crippen LogP contribution in [0.5, 0.6) is 0 Å². The van der Waals surface area contributed by atoms with Crippen molar-refractivity contribution in [2.24, 2.45) is 0 Å². The molecule has 0 bridgehead atoms. The van der Waals surface area contributed by atoms with E-state index in [9.17, 15) is 0 Å². The molecular weight excluding hydrogens is 361 g/mol. The summed E-state index contributed by atoms with van der Waals surface area (Å²) in [6.45, 7) is 0.261. The van der Waals surface area contributed by atoms with Crippen LogP contribution in [0.2, 0.25) is 0 Å². The lowest BCUT2D eigenvalue weighted by Gasteiger charge is -2.40. The molecule has 142 valence electrons. The Kier molecular flexibility index (Phi) is 4.09. The number of hydrogen-bond donors (Lipinski definition) is 0. The van der Waals surface area contributed by atoms with Gasteiger partial charge >= 0.3 is 0 Å². The normalized spacial score (nSPS) is 15.3. The first-order valence-electron chi connectivity index (χ1n) is 10.7. The van der Waals surface area contributed by atoms with Gasteiger partial charge in [0.25, 0.3) is 0 Å². The van der Waals surface area contributed by atoms with Crippen LogP contribution >= 0.6 is 0 Å². The monoisotopic (exact) mass is 383 g/mol. The van der Waals surface area contributed by atoms with Gasteiger partial charge < -0.3 is 4.90 Å². The third kappa shape index (κ3) is 2.72. The van der Waals surface area contributed by atoms with Gasteiger partial charge in [0.05, 0.1) is 0 Å². The Bertz CT molecular complexity index is 1300. The fourth-order valence-corrected chi connectivity index (χ4v) is 5.00. The summed E-state index contributed by atoms with van der Waals surface area (Å²) in [5, 5.41) is 2.60. The number of hydrogen-bond acceptors (Lipinski definition) is 1. The minimum Gasteiger partial charge on any atom is -0.312 e. The maximum Gasteiger partial charge on any atom is 0.246 e. The highest BCUT2D eigenvalue weighted by atomic mass is 15.2. The number of fused-ring (bicyclic) bond motifs is 3. The molecule has 1 heterocycles. The summed E-state index contributed by atoms with van der Waals surface area (Å²) in [5.74, 6) is 0. The van der Waals surface area contributed by atoms with Crippen molar-refractivity contribution in [2.75, 3.05) is 4.90 Å². The van der Waals surface area contributed by atoms with Crippen molar-refractivity contribution in [1.29, 1.82) is 0 Å². The first kappa shape index (κ1) is 17.4. The zero-order chi connectivity index (χ0) is 19.9. The summed E-state index contributed by atoms with van der Waals surface area (Å²) in [6.07, 6.45) is 7.08. The van der Waals surface area contributed by atoms with Crippen LogP contribution in [0.25, 0.3) is 10.8 Å². The van der Waals surface area contributed by atoms with Crippen LogP contribution in [0.15, 0.2) is 120 Å². The fraction of sp³-hybridized carbons (Fsp3) is 0.0714. The Morgan fingerprint density at radius 2 is 1.37 bits per heavy atom. The Labute approximate surface area is 178 Å². The van der Waals surface area contributed by atoms with Gasteiger partial charge in [0.1, 0.15) is 0 Å². The zero-order valence-corrected chi connectivity index (χ0v) is 16.8. The molecule has 2 aliphatic rings. The van der Waals surface area contributed by atoms with Gasteiger partial charge in [-0.05, 0) is 52.7 Å². The van der Waals surface area contributed by atoms with Crippen molar-refractivity contribution in [2.45, 2.75) is 12.8 Å². The maximum atomic E-state index is 2.46. The van der Waals surface area contributed by atoms with Crippen LogP contribution < -0.4 is 15.8 Å². The van der Waals surface area contributed by atoms with E-state index >= 15 is 0 Å². The molecule has 0 spiro atoms. The molecule has 0 atom stereocenters. The number of nitrogens with zero attached hydrogens (tertiary/aromatic N) is 1. The number of allylic oxidation sites excluding steroid dienone is 3. The molecule has 0 N–H and O–H groups in total. The molecule has 0 amide bonds. The van der Waals surface area contributed by atoms with Gasteiger partial charge in [0.15, 0.2) is 0 Å². The minimum atomic E-state index is 0.261. The summed E-state index contributed by atoms with van der Waals surface area (Å²) in [6, 6.07) is 35.3. The number of para-hydroxylation sites is 2. The molecule has 30 heavy (non-hydrogen) atoms. The summed E-state index contributed by atoms with van der Waals surface area (Å²) >= 11 is 0. The predicted octanol–water partition coefficient (Wildman–Crippen LogP) is 5.74. The second kappa shape index (κ2) is 7.07. The predicted molar refractivity (Wildman–Crippen MR) is 129 cm³/mol. The van der Waals surface area contributed by atoms with E-state index in [1.807, 2.05) is 0 Å². The topological polar surface area (TPSA) is 3.24 Å². The van der Waals surface area contributed by atoms with Gasteiger partial charge in [-0.1, -0.05) is 96.5 Å². The Hall–Kier alpha value is -3.52. The Balaban J connectivity index is 1.60. The van der Waals surface area contributed by atoms with E-state index in [1.165, 1.54) is 44.2 Å². The molecule has 0 radical (unpaired) electrons. The van der Waals surface area contributed by atoms with Gasteiger partial charge in [-0.15, -0.1) is 0 Å². The average molecular weight is 383 g/mol. The van der Waals surface area contributed by atoms with Gasteiger partial charge in [-0.3, -0.25) is 0 Å². The average Bonchev–Trinajstić information content (AvgIpc) is 2.82. The van der Waals surface area contributed by atoms with Crippen LogP contribution in [0, 0.1) is 0 Å². The third-order valence-corrected chi connectivity index (χ3v) is 6.33. The van der Waals surface area contributed by atoms with Gasteiger partial charge in [0, 0.05) is 17.1 Å². The summed E-state index contributed by atoms with van der Waals surface area (Å²) in [4.78, 5) is 2.44. The molecule has 0 fully saturated rings. The van der Waals surface area contributed by atoms with Crippen molar-refractivity contribution in [1.82, 2.24) is 0 Å². The molecule has 1 aliphatic heterocycles. The standard InChI is InChI=1S/C28H22BN/c1-2-12-24(13-3-1)30-27-16-8-6-14-25(27)29(26-15-7-9-17-28(26)30)23-19-18-21-10-4-5-11-22(21)20-23/h1-6,8,10-20H,7,9H2. The highest BCUT2D eigenvalue weighted by molar-refractivity contribution is 6.93. The van der Waals surface area contributed by atoms with E-state index in [-0.39, 0.29) is 6.71 Å². The van der Waals surface area contributed by atoms with E-state index in [1.54, 1.807) is 0 Å². The minimum absolute atomic E-state index is 0.261. The first-order chi connectivity index (χ1) is 14.9. The van der Waals surface area contributed by atoms with Gasteiger partial charge in [0.2, 0.25) is 6.71 Å². The van der Waals surface area contributed by atoms with E-state index in [2.05, 4.69) is 114 Å². The third-order valence-electron chi connectivity index (χ3n) is 6.33. The van der Waals surface area contributed by atoms with E-state index in [0.717, 1.165) is 12.8 Å². The lowest BCUT2D eigenvalue weighted by molar-refractivity contribution is 0.985. The lowest BCUT2D eigenvalue weighted by Crippen LogP contribution is -2.52. The highest BCUT2D eigenvalue weighted by Gasteiger charge is 2.37. The van der Waals surface area contributed by atoms with E-state index in [0.29, 0.717) is 0 Å². The SMILES string of the molecule is C1=C2B(c3ccc4ccccc4c3)c3ccccc3N(c3ccccc3)C2=CCC1. The second-order valence-corrected chi connectivity index (χ2v) is 8.10. The van der Waals surface area contributed by atoms with Crippen LogP contribution in [-0.2, 0) is 0 Å². The summed E-state index contributed by atoms with van der Waals surface area (Å²) < 4.78 is 0. The van der Waals surface area contributed by atoms with Crippen LogP contribution in [-0.4, -0.2) is 6.71 Å². The van der Waals surface area contributed by atoms with Crippen LogP contribution in [0.1, 0.15) is 12.8 Å². The van der Waals surface area contributed by atoms with Crippen molar-refractivity contribution >= 4 is 39.8 Å². The molecule has 0 aromatic heterocycles. The fourth-order valence-electron chi connectivity index (χ4n) is 5.00. The van der Waals surface area contributed by atoms with Gasteiger partial charge in [-0.25, -0.2) is 0 Å². The number of rotatable bonds is 2. The van der Waals surface area contributed by atoms with Crippen molar-refractivity contribution < 1.29 is 0 Å². The molecule has 0 saturated heterocycles. The molecule has 0 unspecified atom stereocenters. The summed E-state index contributed by atoms with van der Waals surface area (Å²) in [7, 11) is 0. The first-order valence-corrected chi connectivity index (χ1v) is 10.7. The van der Waals surface area contributed by atoms with E-state index < -0.39 is 0 Å². The second-order valence-electron chi connectivity index (χ2n) is 8.10. The molecule has 2 heteroatoms. The zero-order valence-electron chi connectivity index (χ0n) is 16.8. The van der Waals surface area contributed by atoms with Gasteiger partial charge in [-0.2, -0.15) is 0 Å². The maximum absolute atomic E-state index is 2.46. The summed E-state index contributed by atoms with van der Waals surface area (Å²) in [5.41, 5.74) is 8.02. The molecular formula is C28H22BN. The van der Waals surface area contributed by atoms with Crippen LogP contribution in [0.4, 0.5) is 11.4 Å². The van der Waals surface area contributed by atoms with Crippen molar-refractivity contribution in [3.05, 3.63) is 120 Å². The van der Waals surface area contributed by atoms with Crippen molar-refractivity contribution in [3.63, 3.8) is 0 Å². The Morgan fingerprint density at radius 1 is 0.633 bits per heavy atom. The Morgan fingerprint density at radius 3 is 2.27 bits per heavy atom. The van der Waals surface area contributed by atoms with Crippen LogP contribution in [0.3, 0.4) is 0 Å². The molecule has 6 rings (SSSR count). The molecule has 4 aromatic carbocycles. The highest BCUT2D eigenvalue weighted by Crippen LogP contribution is 2.39. The quantitative estimate of drug-likeness (QED) is 0.399. The molecule has 1 aliphatic carbocycles. The molecule has 4 aromatic rings. The smallest absolute Gasteiger partial charge is 0.246 e. The number of benzene rings is 4. The number of anilines is 2. The van der Waals surface area contributed by atoms with E-state index in [4.69, 9.17) is 0 Å². The largest absolute Gasteiger partial charge is 0.312 e. The molecule has 1 nitrogen and oxygen atoms in total. The lowest BCUT2D eigenvalue weighted by atomic mass is 9.33.